The molecule has 1 aromatic carbocycles. The highest BCUT2D eigenvalue weighted by molar-refractivity contribution is 9.10. The summed E-state index contributed by atoms with van der Waals surface area (Å²) in [6.45, 7) is 0. The highest BCUT2D eigenvalue weighted by Gasteiger charge is 1.92. The molecule has 0 aliphatic rings. The molecule has 0 aliphatic heterocycles. The highest BCUT2D eigenvalue weighted by atomic mass is 79.9. The summed E-state index contributed by atoms with van der Waals surface area (Å²) in [6.07, 6.45) is 3.25. The summed E-state index contributed by atoms with van der Waals surface area (Å²) in [5.41, 5.74) is 0.713. The average Bonchev–Trinajstić information content (AvgIpc) is 2.28. The molecule has 1 aromatic heterocycles. The van der Waals surface area contributed by atoms with Crippen molar-refractivity contribution in [3.8, 4) is 0 Å². The molecule has 0 amide bonds. The Morgan fingerprint density at radius 1 is 1.25 bits per heavy atom. The van der Waals surface area contributed by atoms with Gasteiger partial charge in [-0.3, -0.25) is 0 Å². The van der Waals surface area contributed by atoms with Gasteiger partial charge in [0.15, 0.2) is 5.82 Å². The van der Waals surface area contributed by atoms with Gasteiger partial charge in [0.25, 0.3) is 0 Å². The Balaban J connectivity index is 2.18. The predicted octanol–water partition coefficient (Wildman–Crippen LogP) is 3.73. The molecule has 80 valence electrons. The fourth-order valence-corrected chi connectivity index (χ4v) is 1.41. The third-order valence-corrected chi connectivity index (χ3v) is 2.38. The van der Waals surface area contributed by atoms with Crippen LogP contribution in [0.4, 0.5) is 10.2 Å². The number of aromatic nitrogens is 1. The number of halogens is 2. The average molecular weight is 279 g/mol. The van der Waals surface area contributed by atoms with Gasteiger partial charge in [-0.25, -0.2) is 14.4 Å². The number of hydrogen-bond acceptors (Lipinski definition) is 2. The van der Waals surface area contributed by atoms with Crippen molar-refractivity contribution < 1.29 is 4.39 Å². The fraction of sp³-hybridized carbons (Fsp3) is 0. The number of aliphatic imine (C=N–C) groups is 1. The van der Waals surface area contributed by atoms with Gasteiger partial charge in [0.1, 0.15) is 5.82 Å². The van der Waals surface area contributed by atoms with Crippen molar-refractivity contribution >= 4 is 28.0 Å². The van der Waals surface area contributed by atoms with Gasteiger partial charge in [-0.1, -0.05) is 12.1 Å². The van der Waals surface area contributed by atoms with Gasteiger partial charge >= 0.3 is 0 Å². The van der Waals surface area contributed by atoms with E-state index in [1.54, 1.807) is 30.6 Å². The monoisotopic (exact) mass is 278 g/mol. The molecule has 0 N–H and O–H groups in total. The first kappa shape index (κ1) is 11.0. The Morgan fingerprint density at radius 3 is 2.81 bits per heavy atom. The van der Waals surface area contributed by atoms with Crippen LogP contribution in [-0.4, -0.2) is 11.2 Å². The van der Waals surface area contributed by atoms with Crippen LogP contribution >= 0.6 is 15.9 Å². The van der Waals surface area contributed by atoms with Gasteiger partial charge in [-0.15, -0.1) is 0 Å². The van der Waals surface area contributed by atoms with E-state index < -0.39 is 0 Å². The summed E-state index contributed by atoms with van der Waals surface area (Å²) >= 11 is 3.29. The lowest BCUT2D eigenvalue weighted by molar-refractivity contribution is 0.627. The maximum atomic E-state index is 12.9. The Morgan fingerprint density at radius 2 is 2.12 bits per heavy atom. The first-order valence-corrected chi connectivity index (χ1v) is 5.44. The normalized spacial score (nSPS) is 10.9. The molecule has 2 nitrogen and oxygen atoms in total. The number of pyridine rings is 1. The van der Waals surface area contributed by atoms with Crippen LogP contribution in [0.1, 0.15) is 5.56 Å². The Kier molecular flexibility index (Phi) is 3.41. The lowest BCUT2D eigenvalue weighted by Crippen LogP contribution is -1.82. The van der Waals surface area contributed by atoms with Gasteiger partial charge in [-0.05, 0) is 45.8 Å². The number of nitrogens with zero attached hydrogens (tertiary/aromatic N) is 2. The maximum Gasteiger partial charge on any atom is 0.151 e. The van der Waals surface area contributed by atoms with E-state index in [0.29, 0.717) is 11.4 Å². The fourth-order valence-electron chi connectivity index (χ4n) is 1.17. The minimum Gasteiger partial charge on any atom is -0.237 e. The lowest BCUT2D eigenvalue weighted by atomic mass is 10.2. The van der Waals surface area contributed by atoms with Crippen molar-refractivity contribution in [1.29, 1.82) is 0 Å². The van der Waals surface area contributed by atoms with E-state index in [9.17, 15) is 4.39 Å². The minimum atomic E-state index is -0.271. The van der Waals surface area contributed by atoms with E-state index in [4.69, 9.17) is 0 Å². The maximum absolute atomic E-state index is 12.9. The van der Waals surface area contributed by atoms with Crippen LogP contribution < -0.4 is 0 Å². The summed E-state index contributed by atoms with van der Waals surface area (Å²) in [4.78, 5) is 8.21. The molecular weight excluding hydrogens is 271 g/mol. The first-order chi connectivity index (χ1) is 7.74. The quantitative estimate of drug-likeness (QED) is 0.769. The third kappa shape index (κ3) is 2.97. The molecule has 4 heteroatoms. The molecule has 0 spiro atoms. The van der Waals surface area contributed by atoms with Gasteiger partial charge in [0.05, 0.1) is 0 Å². The summed E-state index contributed by atoms with van der Waals surface area (Å²) in [5, 5.41) is 0. The number of benzene rings is 1. The van der Waals surface area contributed by atoms with Gasteiger partial charge < -0.3 is 0 Å². The SMILES string of the molecule is Fc1cccc(/C=N/c2ccc(Br)cn2)c1. The molecule has 0 fully saturated rings. The molecule has 2 rings (SSSR count). The zero-order valence-electron chi connectivity index (χ0n) is 8.27. The van der Waals surface area contributed by atoms with E-state index in [1.807, 2.05) is 6.07 Å². The van der Waals surface area contributed by atoms with Gasteiger partial charge in [0.2, 0.25) is 0 Å². The van der Waals surface area contributed by atoms with Gasteiger partial charge in [0, 0.05) is 16.9 Å². The van der Waals surface area contributed by atoms with E-state index in [1.165, 1.54) is 12.1 Å². The van der Waals surface area contributed by atoms with Crippen LogP contribution in [0.5, 0.6) is 0 Å². The van der Waals surface area contributed by atoms with Crippen LogP contribution in [0, 0.1) is 5.82 Å². The minimum absolute atomic E-state index is 0.271. The number of rotatable bonds is 2. The number of hydrogen-bond donors (Lipinski definition) is 0. The zero-order valence-corrected chi connectivity index (χ0v) is 9.86. The van der Waals surface area contributed by atoms with E-state index in [0.717, 1.165) is 4.47 Å². The van der Waals surface area contributed by atoms with Crippen LogP contribution in [0.3, 0.4) is 0 Å². The van der Waals surface area contributed by atoms with Gasteiger partial charge in [-0.2, -0.15) is 0 Å². The van der Waals surface area contributed by atoms with E-state index in [-0.39, 0.29) is 5.82 Å². The second-order valence-corrected chi connectivity index (χ2v) is 4.06. The van der Waals surface area contributed by atoms with Crippen LogP contribution in [-0.2, 0) is 0 Å². The van der Waals surface area contributed by atoms with Crippen molar-refractivity contribution in [3.63, 3.8) is 0 Å². The Hall–Kier alpha value is -1.55. The molecular formula is C12H8BrFN2. The Bertz CT molecular complexity index is 509. The highest BCUT2D eigenvalue weighted by Crippen LogP contribution is 2.13. The van der Waals surface area contributed by atoms with Crippen molar-refractivity contribution in [1.82, 2.24) is 4.98 Å². The van der Waals surface area contributed by atoms with E-state index >= 15 is 0 Å². The van der Waals surface area contributed by atoms with Crippen LogP contribution in [0.2, 0.25) is 0 Å². The Labute approximate surface area is 101 Å². The summed E-state index contributed by atoms with van der Waals surface area (Å²) in [6, 6.07) is 9.87. The lowest BCUT2D eigenvalue weighted by Gasteiger charge is -1.94. The van der Waals surface area contributed by atoms with Crippen LogP contribution in [0.25, 0.3) is 0 Å². The molecule has 0 atom stereocenters. The summed E-state index contributed by atoms with van der Waals surface area (Å²) in [7, 11) is 0. The molecule has 16 heavy (non-hydrogen) atoms. The molecule has 1 heterocycles. The van der Waals surface area contributed by atoms with Crippen molar-refractivity contribution in [3.05, 3.63) is 58.4 Å². The second-order valence-electron chi connectivity index (χ2n) is 3.15. The summed E-state index contributed by atoms with van der Waals surface area (Å²) < 4.78 is 13.8. The molecule has 0 aliphatic carbocycles. The molecule has 0 bridgehead atoms. The third-order valence-electron chi connectivity index (χ3n) is 1.91. The molecule has 2 aromatic rings. The molecule has 0 saturated heterocycles. The largest absolute Gasteiger partial charge is 0.237 e. The topological polar surface area (TPSA) is 25.2 Å². The molecule has 0 radical (unpaired) electrons. The molecule has 0 unspecified atom stereocenters. The van der Waals surface area contributed by atoms with Crippen LogP contribution in [0.15, 0.2) is 52.1 Å². The van der Waals surface area contributed by atoms with Crippen molar-refractivity contribution in [2.24, 2.45) is 4.99 Å². The van der Waals surface area contributed by atoms with Crippen molar-refractivity contribution in [2.75, 3.05) is 0 Å². The first-order valence-electron chi connectivity index (χ1n) is 4.65. The second kappa shape index (κ2) is 4.99. The van der Waals surface area contributed by atoms with E-state index in [2.05, 4.69) is 25.9 Å². The predicted molar refractivity (Wildman–Crippen MR) is 65.6 cm³/mol. The van der Waals surface area contributed by atoms with Crippen molar-refractivity contribution in [2.45, 2.75) is 0 Å². The smallest absolute Gasteiger partial charge is 0.151 e. The summed E-state index contributed by atoms with van der Waals surface area (Å²) in [5.74, 6) is 0.320. The molecule has 0 saturated carbocycles. The zero-order chi connectivity index (χ0) is 11.4. The standard InChI is InChI=1S/C12H8BrFN2/c13-10-4-5-12(16-8-10)15-7-9-2-1-3-11(14)6-9/h1-8H/b15-7+.